The van der Waals surface area contributed by atoms with Gasteiger partial charge in [-0.3, -0.25) is 4.90 Å². The molecule has 0 spiro atoms. The number of hydrogen-bond acceptors (Lipinski definition) is 3. The highest BCUT2D eigenvalue weighted by Gasteiger charge is 2.31. The van der Waals surface area contributed by atoms with E-state index in [1.807, 2.05) is 12.1 Å². The van der Waals surface area contributed by atoms with E-state index in [4.69, 9.17) is 22.1 Å². The summed E-state index contributed by atoms with van der Waals surface area (Å²) in [4.78, 5) is 2.39. The molecule has 2 N–H and O–H groups in total. The topological polar surface area (TPSA) is 38.5 Å². The van der Waals surface area contributed by atoms with Crippen LogP contribution < -0.4 is 10.5 Å². The molecule has 0 aromatic heterocycles. The van der Waals surface area contributed by atoms with Gasteiger partial charge in [0.1, 0.15) is 5.75 Å². The van der Waals surface area contributed by atoms with Gasteiger partial charge in [-0.2, -0.15) is 0 Å². The van der Waals surface area contributed by atoms with Crippen LogP contribution in [0.1, 0.15) is 24.9 Å². The van der Waals surface area contributed by atoms with Crippen molar-refractivity contribution >= 4 is 11.6 Å². The number of nitrogens with two attached hydrogens (primary N) is 1. The van der Waals surface area contributed by atoms with Gasteiger partial charge in [0.2, 0.25) is 0 Å². The predicted molar refractivity (Wildman–Crippen MR) is 70.6 cm³/mol. The van der Waals surface area contributed by atoms with Crippen LogP contribution in [0.3, 0.4) is 0 Å². The van der Waals surface area contributed by atoms with Crippen molar-refractivity contribution in [1.29, 1.82) is 0 Å². The monoisotopic (exact) mass is 254 g/mol. The van der Waals surface area contributed by atoms with Crippen molar-refractivity contribution in [2.45, 2.75) is 25.4 Å². The van der Waals surface area contributed by atoms with Gasteiger partial charge in [-0.05, 0) is 30.7 Å². The fourth-order valence-electron chi connectivity index (χ4n) is 2.56. The molecule has 1 aromatic carbocycles. The molecule has 1 aromatic rings. The number of ether oxygens (including phenoxy) is 1. The summed E-state index contributed by atoms with van der Waals surface area (Å²) in [5.41, 5.74) is 7.36. The molecule has 17 heavy (non-hydrogen) atoms. The lowest BCUT2D eigenvalue weighted by atomic mass is 10.0. The molecular formula is C13H19ClN2O. The fourth-order valence-corrected chi connectivity index (χ4v) is 2.83. The van der Waals surface area contributed by atoms with Crippen molar-refractivity contribution in [3.05, 3.63) is 28.8 Å². The minimum Gasteiger partial charge on any atom is -0.495 e. The summed E-state index contributed by atoms with van der Waals surface area (Å²) in [6.07, 6.45) is 1.04. The van der Waals surface area contributed by atoms with Crippen LogP contribution >= 0.6 is 11.6 Å². The van der Waals surface area contributed by atoms with Gasteiger partial charge in [0.15, 0.2) is 0 Å². The van der Waals surface area contributed by atoms with Crippen LogP contribution in [0.2, 0.25) is 5.02 Å². The van der Waals surface area contributed by atoms with Crippen LogP contribution in [0, 0.1) is 0 Å². The zero-order valence-electron chi connectivity index (χ0n) is 10.3. The number of likely N-dealkylation sites (tertiary alicyclic amines) is 1. The van der Waals surface area contributed by atoms with Gasteiger partial charge in [0, 0.05) is 18.6 Å². The summed E-state index contributed by atoms with van der Waals surface area (Å²) < 4.78 is 5.17. The first-order chi connectivity index (χ1) is 8.17. The maximum absolute atomic E-state index is 6.18. The lowest BCUT2D eigenvalue weighted by Gasteiger charge is -2.26. The number of methoxy groups -OCH3 is 1. The Balaban J connectivity index is 2.29. The Morgan fingerprint density at radius 3 is 2.88 bits per heavy atom. The Bertz CT molecular complexity index is 397. The molecule has 4 heteroatoms. The summed E-state index contributed by atoms with van der Waals surface area (Å²) >= 11 is 6.16. The first-order valence-corrected chi connectivity index (χ1v) is 6.38. The second kappa shape index (κ2) is 5.25. The van der Waals surface area contributed by atoms with E-state index in [0.29, 0.717) is 10.8 Å². The van der Waals surface area contributed by atoms with E-state index in [0.717, 1.165) is 19.5 Å². The van der Waals surface area contributed by atoms with Crippen molar-refractivity contribution in [2.75, 3.05) is 20.2 Å². The molecule has 0 saturated carbocycles. The van der Waals surface area contributed by atoms with E-state index >= 15 is 0 Å². The lowest BCUT2D eigenvalue weighted by molar-refractivity contribution is 0.261. The molecule has 0 bridgehead atoms. The second-order valence-electron chi connectivity index (χ2n) is 4.42. The Hall–Kier alpha value is -0.770. The van der Waals surface area contributed by atoms with Crippen molar-refractivity contribution in [3.8, 4) is 5.75 Å². The van der Waals surface area contributed by atoms with Crippen molar-refractivity contribution in [1.82, 2.24) is 4.90 Å². The summed E-state index contributed by atoms with van der Waals surface area (Å²) in [7, 11) is 1.63. The van der Waals surface area contributed by atoms with Crippen LogP contribution in [0.15, 0.2) is 18.2 Å². The molecule has 2 unspecified atom stereocenters. The predicted octanol–water partition coefficient (Wildman–Crippen LogP) is 2.44. The average Bonchev–Trinajstić information content (AvgIpc) is 2.70. The Kier molecular flexibility index (Phi) is 3.92. The van der Waals surface area contributed by atoms with Gasteiger partial charge >= 0.3 is 0 Å². The van der Waals surface area contributed by atoms with Crippen LogP contribution in [0.4, 0.5) is 0 Å². The summed E-state index contributed by atoms with van der Waals surface area (Å²) in [5, 5.41) is 0.653. The molecule has 1 fully saturated rings. The maximum Gasteiger partial charge on any atom is 0.137 e. The minimum atomic E-state index is 0.194. The summed E-state index contributed by atoms with van der Waals surface area (Å²) in [6, 6.07) is 6.42. The zero-order chi connectivity index (χ0) is 12.4. The largest absolute Gasteiger partial charge is 0.495 e. The molecule has 0 amide bonds. The molecule has 0 radical (unpaired) electrons. The third kappa shape index (κ3) is 2.41. The van der Waals surface area contributed by atoms with Crippen molar-refractivity contribution < 1.29 is 4.74 Å². The summed E-state index contributed by atoms with van der Waals surface area (Å²) in [5.74, 6) is 0.713. The fraction of sp³-hybridized carbons (Fsp3) is 0.538. The zero-order valence-corrected chi connectivity index (χ0v) is 11.1. The molecule has 3 nitrogen and oxygen atoms in total. The van der Waals surface area contributed by atoms with E-state index in [-0.39, 0.29) is 12.1 Å². The molecule has 2 atom stereocenters. The minimum absolute atomic E-state index is 0.194. The molecular weight excluding hydrogens is 236 g/mol. The van der Waals surface area contributed by atoms with E-state index < -0.39 is 0 Å². The number of nitrogens with zero attached hydrogens (tertiary/aromatic N) is 1. The van der Waals surface area contributed by atoms with E-state index in [9.17, 15) is 0 Å². The lowest BCUT2D eigenvalue weighted by Crippen LogP contribution is -2.31. The van der Waals surface area contributed by atoms with Crippen LogP contribution in [0.5, 0.6) is 5.75 Å². The second-order valence-corrected chi connectivity index (χ2v) is 4.83. The van der Waals surface area contributed by atoms with E-state index in [1.54, 1.807) is 7.11 Å². The number of benzene rings is 1. The normalized spacial score (nSPS) is 25.2. The van der Waals surface area contributed by atoms with Crippen LogP contribution in [-0.2, 0) is 0 Å². The smallest absolute Gasteiger partial charge is 0.137 e. The number of rotatable bonds is 3. The number of hydrogen-bond donors (Lipinski definition) is 1. The van der Waals surface area contributed by atoms with Gasteiger partial charge < -0.3 is 10.5 Å². The third-order valence-electron chi connectivity index (χ3n) is 3.47. The Morgan fingerprint density at radius 2 is 2.29 bits per heavy atom. The van der Waals surface area contributed by atoms with E-state index in [2.05, 4.69) is 17.9 Å². The number of likely N-dealkylation sites (N-methyl/N-ethyl adjacent to an activating group) is 1. The summed E-state index contributed by atoms with van der Waals surface area (Å²) in [6.45, 7) is 4.24. The van der Waals surface area contributed by atoms with Gasteiger partial charge in [-0.1, -0.05) is 24.6 Å². The Labute approximate surface area is 107 Å². The molecule has 1 heterocycles. The molecule has 0 aliphatic carbocycles. The van der Waals surface area contributed by atoms with Crippen LogP contribution in [-0.4, -0.2) is 31.1 Å². The molecule has 2 rings (SSSR count). The quantitative estimate of drug-likeness (QED) is 0.901. The van der Waals surface area contributed by atoms with Crippen molar-refractivity contribution in [3.63, 3.8) is 0 Å². The third-order valence-corrected chi connectivity index (χ3v) is 3.77. The SMILES string of the molecule is CCN1CCC(N)C1c1ccc(OC)c(Cl)c1. The highest BCUT2D eigenvalue weighted by Crippen LogP contribution is 2.34. The van der Waals surface area contributed by atoms with E-state index in [1.165, 1.54) is 5.56 Å². The molecule has 1 aliphatic heterocycles. The molecule has 1 aliphatic rings. The van der Waals surface area contributed by atoms with Crippen molar-refractivity contribution in [2.24, 2.45) is 5.73 Å². The highest BCUT2D eigenvalue weighted by atomic mass is 35.5. The van der Waals surface area contributed by atoms with Crippen LogP contribution in [0.25, 0.3) is 0 Å². The average molecular weight is 255 g/mol. The van der Waals surface area contributed by atoms with Gasteiger partial charge in [-0.15, -0.1) is 0 Å². The highest BCUT2D eigenvalue weighted by molar-refractivity contribution is 6.32. The maximum atomic E-state index is 6.18. The van der Waals surface area contributed by atoms with Gasteiger partial charge in [0.05, 0.1) is 12.1 Å². The first kappa shape index (κ1) is 12.7. The molecule has 94 valence electrons. The standard InChI is InChI=1S/C13H19ClN2O/c1-3-16-7-6-11(15)13(16)9-4-5-12(17-2)10(14)8-9/h4-5,8,11,13H,3,6-7,15H2,1-2H3. The number of halogens is 1. The Morgan fingerprint density at radius 1 is 1.53 bits per heavy atom. The van der Waals surface area contributed by atoms with Gasteiger partial charge in [0.25, 0.3) is 0 Å². The first-order valence-electron chi connectivity index (χ1n) is 6.00. The molecule has 1 saturated heterocycles. The van der Waals surface area contributed by atoms with Gasteiger partial charge in [-0.25, -0.2) is 0 Å².